The van der Waals surface area contributed by atoms with E-state index in [0.29, 0.717) is 34.2 Å². The van der Waals surface area contributed by atoms with Crippen LogP contribution in [-0.4, -0.2) is 28.4 Å². The van der Waals surface area contributed by atoms with Gasteiger partial charge in [-0.3, -0.25) is 0 Å². The van der Waals surface area contributed by atoms with Crippen LogP contribution >= 0.6 is 34.0 Å². The van der Waals surface area contributed by atoms with Gasteiger partial charge in [0.2, 0.25) is 0 Å². The van der Waals surface area contributed by atoms with Crippen LogP contribution in [0.2, 0.25) is 0 Å². The van der Waals surface area contributed by atoms with Crippen molar-refractivity contribution in [3.05, 3.63) is 53.4 Å². The van der Waals surface area contributed by atoms with Crippen LogP contribution in [0.5, 0.6) is 23.0 Å². The third-order valence-electron chi connectivity index (χ3n) is 5.57. The second-order valence-electron chi connectivity index (χ2n) is 7.41. The minimum Gasteiger partial charge on any atom is -0.497 e. The first-order valence-electron chi connectivity index (χ1n) is 10.3. The van der Waals surface area contributed by atoms with Gasteiger partial charge in [0.15, 0.2) is 5.69 Å². The maximum absolute atomic E-state index is 9.35. The summed E-state index contributed by atoms with van der Waals surface area (Å²) in [6.45, 7) is 7.36. The molecule has 0 unspecified atom stereocenters. The van der Waals surface area contributed by atoms with Gasteiger partial charge in [0.05, 0.1) is 67.2 Å². The minimum atomic E-state index is 0.469. The molecule has 0 N–H and O–H groups in total. The Morgan fingerprint density at radius 1 is 0.686 bits per heavy atom. The van der Waals surface area contributed by atoms with Crippen molar-refractivity contribution in [2.45, 2.75) is 0 Å². The molecule has 0 spiro atoms. The number of benzene rings is 2. The van der Waals surface area contributed by atoms with E-state index in [4.69, 9.17) is 25.5 Å². The van der Waals surface area contributed by atoms with Crippen LogP contribution in [0, 0.1) is 17.9 Å². The SMILES string of the molecule is [C-]#[N+]c1cc(OC)c(-c2cc3sc4cc(-c5c(OC)cc(C#N)cc5OC)sc4c3s2)c(OC)c1. The molecular weight excluding hydrogens is 500 g/mol. The summed E-state index contributed by atoms with van der Waals surface area (Å²) >= 11 is 5.06. The number of rotatable bonds is 6. The van der Waals surface area contributed by atoms with Gasteiger partial charge in [-0.25, -0.2) is 4.85 Å². The topological polar surface area (TPSA) is 65.1 Å². The Labute approximate surface area is 213 Å². The molecule has 0 aliphatic carbocycles. The van der Waals surface area contributed by atoms with Crippen LogP contribution in [0.15, 0.2) is 36.4 Å². The molecule has 5 rings (SSSR count). The van der Waals surface area contributed by atoms with Crippen LogP contribution in [0.1, 0.15) is 5.56 Å². The summed E-state index contributed by atoms with van der Waals surface area (Å²) in [4.78, 5) is 5.55. The highest BCUT2D eigenvalue weighted by molar-refractivity contribution is 7.40. The lowest BCUT2D eigenvalue weighted by Crippen LogP contribution is -1.93. The Hall–Kier alpha value is -3.76. The van der Waals surface area contributed by atoms with E-state index in [-0.39, 0.29) is 0 Å². The number of nitriles is 1. The predicted molar refractivity (Wildman–Crippen MR) is 143 cm³/mol. The molecule has 0 aliphatic heterocycles. The number of hydrogen-bond donors (Lipinski definition) is 0. The van der Waals surface area contributed by atoms with Crippen LogP contribution in [0.4, 0.5) is 5.69 Å². The molecule has 9 heteroatoms. The summed E-state index contributed by atoms with van der Waals surface area (Å²) in [6.07, 6.45) is 0. The van der Waals surface area contributed by atoms with Crippen LogP contribution in [0.25, 0.3) is 44.5 Å². The van der Waals surface area contributed by atoms with E-state index in [1.165, 1.54) is 18.8 Å². The first kappa shape index (κ1) is 23.0. The minimum absolute atomic E-state index is 0.469. The van der Waals surface area contributed by atoms with Gasteiger partial charge in [-0.05, 0) is 36.4 Å². The van der Waals surface area contributed by atoms with Crippen molar-refractivity contribution < 1.29 is 18.9 Å². The van der Waals surface area contributed by atoms with Gasteiger partial charge in [-0.15, -0.1) is 34.0 Å². The fourth-order valence-electron chi connectivity index (χ4n) is 4.01. The summed E-state index contributed by atoms with van der Waals surface area (Å²) in [7, 11) is 6.40. The Morgan fingerprint density at radius 3 is 1.49 bits per heavy atom. The summed E-state index contributed by atoms with van der Waals surface area (Å²) in [6, 6.07) is 13.4. The smallest absolute Gasteiger partial charge is 0.194 e. The van der Waals surface area contributed by atoms with E-state index in [1.54, 1.807) is 86.7 Å². The predicted octanol–water partition coefficient (Wildman–Crippen LogP) is 7.97. The normalized spacial score (nSPS) is 10.8. The molecule has 0 saturated carbocycles. The second kappa shape index (κ2) is 9.12. The molecule has 5 aromatic rings. The van der Waals surface area contributed by atoms with Crippen molar-refractivity contribution in [3.63, 3.8) is 0 Å². The molecule has 0 atom stereocenters. The van der Waals surface area contributed by atoms with Gasteiger partial charge in [-0.2, -0.15) is 5.26 Å². The first-order valence-corrected chi connectivity index (χ1v) is 12.8. The average Bonchev–Trinajstić information content (AvgIpc) is 3.57. The van der Waals surface area contributed by atoms with Crippen molar-refractivity contribution in [3.8, 4) is 49.9 Å². The highest BCUT2D eigenvalue weighted by atomic mass is 32.1. The monoisotopic (exact) mass is 518 g/mol. The number of nitrogens with zero attached hydrogens (tertiary/aromatic N) is 2. The third kappa shape index (κ3) is 3.75. The number of ether oxygens (including phenoxy) is 4. The van der Waals surface area contributed by atoms with Crippen molar-refractivity contribution in [1.82, 2.24) is 0 Å². The lowest BCUT2D eigenvalue weighted by Gasteiger charge is -2.12. The molecule has 0 amide bonds. The summed E-state index contributed by atoms with van der Waals surface area (Å²) in [5.41, 5.74) is 2.64. The van der Waals surface area contributed by atoms with Gasteiger partial charge in [-0.1, -0.05) is 0 Å². The highest BCUT2D eigenvalue weighted by Crippen LogP contribution is 2.53. The van der Waals surface area contributed by atoms with E-state index >= 15 is 0 Å². The molecular formula is C26H18N2O4S3. The molecule has 3 aromatic heterocycles. The van der Waals surface area contributed by atoms with E-state index in [2.05, 4.69) is 23.0 Å². The van der Waals surface area contributed by atoms with Gasteiger partial charge in [0.1, 0.15) is 23.0 Å². The maximum Gasteiger partial charge on any atom is 0.194 e. The van der Waals surface area contributed by atoms with Gasteiger partial charge < -0.3 is 18.9 Å². The fraction of sp³-hybridized carbons (Fsp3) is 0.154. The van der Waals surface area contributed by atoms with Gasteiger partial charge in [0.25, 0.3) is 0 Å². The third-order valence-corrected chi connectivity index (χ3v) is 9.38. The van der Waals surface area contributed by atoms with E-state index < -0.39 is 0 Å². The summed E-state index contributed by atoms with van der Waals surface area (Å²) in [5, 5.41) is 9.35. The molecule has 0 fully saturated rings. The summed E-state index contributed by atoms with van der Waals surface area (Å²) < 4.78 is 27.2. The van der Waals surface area contributed by atoms with E-state index in [9.17, 15) is 5.26 Å². The largest absolute Gasteiger partial charge is 0.497 e. The maximum atomic E-state index is 9.35. The first-order chi connectivity index (χ1) is 17.0. The quantitative estimate of drug-likeness (QED) is 0.213. The molecule has 3 heterocycles. The van der Waals surface area contributed by atoms with Crippen LogP contribution in [-0.2, 0) is 0 Å². The van der Waals surface area contributed by atoms with Crippen molar-refractivity contribution in [2.75, 3.05) is 28.4 Å². The van der Waals surface area contributed by atoms with Crippen molar-refractivity contribution in [2.24, 2.45) is 0 Å². The zero-order valence-corrected chi connectivity index (χ0v) is 21.7. The van der Waals surface area contributed by atoms with Gasteiger partial charge >= 0.3 is 0 Å². The van der Waals surface area contributed by atoms with Crippen molar-refractivity contribution in [1.29, 1.82) is 5.26 Å². The molecule has 2 aromatic carbocycles. The number of thiophene rings is 3. The lowest BCUT2D eigenvalue weighted by atomic mass is 10.1. The molecule has 35 heavy (non-hydrogen) atoms. The lowest BCUT2D eigenvalue weighted by molar-refractivity contribution is 0.397. The van der Waals surface area contributed by atoms with Crippen LogP contribution in [0.3, 0.4) is 0 Å². The second-order valence-corrected chi connectivity index (χ2v) is 10.6. The molecule has 0 radical (unpaired) electrons. The van der Waals surface area contributed by atoms with E-state index in [1.807, 2.05) is 0 Å². The molecule has 6 nitrogen and oxygen atoms in total. The fourth-order valence-corrected chi connectivity index (χ4v) is 8.14. The highest BCUT2D eigenvalue weighted by Gasteiger charge is 2.22. The standard InChI is InChI=1S/C26H18N2O4S3/c1-28-14-8-17(31-4)24(18(9-14)32-5)20-11-22-26(35-20)25-21(33-22)10-19(34-25)23-15(29-2)6-13(12-27)7-16(23)30-3/h6-11H,2-5H3. The zero-order chi connectivity index (χ0) is 24.7. The van der Waals surface area contributed by atoms with Crippen molar-refractivity contribution >= 4 is 58.5 Å². The Bertz CT molecular complexity index is 1510. The van der Waals surface area contributed by atoms with Gasteiger partial charge in [0, 0.05) is 19.2 Å². The number of methoxy groups -OCH3 is 4. The number of hydrogen-bond acceptors (Lipinski definition) is 8. The summed E-state index contributed by atoms with van der Waals surface area (Å²) in [5.74, 6) is 2.43. The average molecular weight is 519 g/mol. The molecule has 0 aliphatic rings. The number of fused-ring (bicyclic) bond motifs is 3. The molecule has 0 bridgehead atoms. The Morgan fingerprint density at radius 2 is 1.11 bits per heavy atom. The Balaban J connectivity index is 1.68. The van der Waals surface area contributed by atoms with Crippen LogP contribution < -0.4 is 18.9 Å². The Kier molecular flexibility index (Phi) is 6.00. The molecule has 174 valence electrons. The zero-order valence-electron chi connectivity index (χ0n) is 19.2. The molecule has 0 saturated heterocycles. The van der Waals surface area contributed by atoms with E-state index in [0.717, 1.165) is 20.9 Å².